The van der Waals surface area contributed by atoms with Gasteiger partial charge in [-0.3, -0.25) is 4.68 Å². The van der Waals surface area contributed by atoms with Gasteiger partial charge in [-0.25, -0.2) is 13.2 Å². The topological polar surface area (TPSA) is 98.5 Å². The van der Waals surface area contributed by atoms with Gasteiger partial charge < -0.3 is 9.84 Å². The maximum atomic E-state index is 12.4. The average Bonchev–Trinajstić information content (AvgIpc) is 2.80. The number of aryl methyl sites for hydroxylation is 1. The Morgan fingerprint density at radius 2 is 2.14 bits per heavy atom. The Balaban J connectivity index is 2.42. The molecule has 0 aliphatic heterocycles. The van der Waals surface area contributed by atoms with Gasteiger partial charge in [0, 0.05) is 7.05 Å². The van der Waals surface area contributed by atoms with Gasteiger partial charge in [0.05, 0.1) is 29.6 Å². The normalized spacial score (nSPS) is 11.3. The number of aromatic nitrogens is 2. The van der Waals surface area contributed by atoms with E-state index in [9.17, 15) is 13.2 Å². The van der Waals surface area contributed by atoms with E-state index in [4.69, 9.17) is 9.84 Å². The first-order valence-electron chi connectivity index (χ1n) is 5.96. The van der Waals surface area contributed by atoms with E-state index < -0.39 is 21.6 Å². The fourth-order valence-corrected chi connectivity index (χ4v) is 3.32. The van der Waals surface area contributed by atoms with Crippen LogP contribution in [0.2, 0.25) is 0 Å². The van der Waals surface area contributed by atoms with Crippen LogP contribution in [0.1, 0.15) is 16.1 Å². The molecule has 1 heterocycles. The summed E-state index contributed by atoms with van der Waals surface area (Å²) in [5.74, 6) is -1.24. The van der Waals surface area contributed by atoms with Crippen LogP contribution in [-0.4, -0.2) is 36.4 Å². The Morgan fingerprint density at radius 1 is 1.43 bits per heavy atom. The van der Waals surface area contributed by atoms with Crippen molar-refractivity contribution in [2.75, 3.05) is 7.11 Å². The van der Waals surface area contributed by atoms with E-state index in [0.29, 0.717) is 5.75 Å². The molecule has 0 saturated carbocycles. The summed E-state index contributed by atoms with van der Waals surface area (Å²) < 4.78 is 31.1. The van der Waals surface area contributed by atoms with E-state index in [-0.39, 0.29) is 16.2 Å². The number of aromatic carboxylic acids is 1. The number of methoxy groups -OCH3 is 1. The first kappa shape index (κ1) is 15.0. The van der Waals surface area contributed by atoms with Crippen LogP contribution in [0.4, 0.5) is 0 Å². The largest absolute Gasteiger partial charge is 0.497 e. The number of ether oxygens (including phenoxy) is 1. The molecule has 1 aromatic carbocycles. The molecule has 0 radical (unpaired) electrons. The number of hydrogen-bond donors (Lipinski definition) is 1. The standard InChI is InChI=1S/C13H14N2O5S/c1-15-12(11(7-14-15)13(16)17)8-21(18,19)10-5-3-4-9(6-10)20-2/h3-7H,8H2,1-2H3,(H,16,17). The van der Waals surface area contributed by atoms with Gasteiger partial charge in [-0.1, -0.05) is 6.07 Å². The summed E-state index contributed by atoms with van der Waals surface area (Å²) in [6.45, 7) is 0. The van der Waals surface area contributed by atoms with Crippen molar-refractivity contribution in [3.8, 4) is 5.75 Å². The molecule has 0 saturated heterocycles. The minimum Gasteiger partial charge on any atom is -0.497 e. The molecule has 0 amide bonds. The van der Waals surface area contributed by atoms with Crippen molar-refractivity contribution >= 4 is 15.8 Å². The maximum absolute atomic E-state index is 12.4. The van der Waals surface area contributed by atoms with E-state index in [1.165, 1.54) is 31.0 Å². The van der Waals surface area contributed by atoms with Gasteiger partial charge in [0.15, 0.2) is 9.84 Å². The number of carbonyl (C=O) groups is 1. The second-order valence-corrected chi connectivity index (χ2v) is 6.36. The molecular weight excluding hydrogens is 296 g/mol. The lowest BCUT2D eigenvalue weighted by molar-refractivity contribution is 0.0696. The zero-order chi connectivity index (χ0) is 15.6. The summed E-state index contributed by atoms with van der Waals surface area (Å²) in [4.78, 5) is 11.2. The first-order valence-corrected chi connectivity index (χ1v) is 7.61. The van der Waals surface area contributed by atoms with Crippen LogP contribution >= 0.6 is 0 Å². The Morgan fingerprint density at radius 3 is 2.76 bits per heavy atom. The summed E-state index contributed by atoms with van der Waals surface area (Å²) >= 11 is 0. The fourth-order valence-electron chi connectivity index (χ4n) is 1.87. The number of carboxylic acids is 1. The van der Waals surface area contributed by atoms with Crippen LogP contribution in [0.3, 0.4) is 0 Å². The Labute approximate surface area is 121 Å². The van der Waals surface area contributed by atoms with Crippen LogP contribution in [0.15, 0.2) is 35.4 Å². The minimum atomic E-state index is -3.70. The van der Waals surface area contributed by atoms with E-state index in [0.717, 1.165) is 6.20 Å². The van der Waals surface area contributed by atoms with E-state index in [1.807, 2.05) is 0 Å². The van der Waals surface area contributed by atoms with Crippen molar-refractivity contribution in [2.24, 2.45) is 7.05 Å². The SMILES string of the molecule is COc1cccc(S(=O)(=O)Cc2c(C(=O)O)cnn2C)c1. The lowest BCUT2D eigenvalue weighted by Gasteiger charge is -2.08. The van der Waals surface area contributed by atoms with Crippen molar-refractivity contribution in [3.05, 3.63) is 41.7 Å². The lowest BCUT2D eigenvalue weighted by Crippen LogP contribution is -2.12. The average molecular weight is 310 g/mol. The van der Waals surface area contributed by atoms with Crippen molar-refractivity contribution in [2.45, 2.75) is 10.6 Å². The van der Waals surface area contributed by atoms with Crippen molar-refractivity contribution in [1.29, 1.82) is 0 Å². The van der Waals surface area contributed by atoms with Gasteiger partial charge in [-0.15, -0.1) is 0 Å². The van der Waals surface area contributed by atoms with Gasteiger partial charge in [0.25, 0.3) is 0 Å². The molecule has 0 aliphatic rings. The van der Waals surface area contributed by atoms with Crippen molar-refractivity contribution in [3.63, 3.8) is 0 Å². The van der Waals surface area contributed by atoms with Gasteiger partial charge in [0.2, 0.25) is 0 Å². The number of benzene rings is 1. The highest BCUT2D eigenvalue weighted by Crippen LogP contribution is 2.22. The molecular formula is C13H14N2O5S. The zero-order valence-corrected chi connectivity index (χ0v) is 12.3. The minimum absolute atomic E-state index is 0.0689. The van der Waals surface area contributed by atoms with E-state index in [2.05, 4.69) is 5.10 Å². The van der Waals surface area contributed by atoms with Crippen molar-refractivity contribution in [1.82, 2.24) is 9.78 Å². The molecule has 0 atom stereocenters. The van der Waals surface area contributed by atoms with Crippen LogP contribution in [0, 0.1) is 0 Å². The van der Waals surface area contributed by atoms with Crippen LogP contribution in [-0.2, 0) is 22.6 Å². The summed E-state index contributed by atoms with van der Waals surface area (Å²) in [5, 5.41) is 12.9. The number of nitrogens with zero attached hydrogens (tertiary/aromatic N) is 2. The summed E-state index contributed by atoms with van der Waals surface area (Å²) in [5.41, 5.74) is 0.00860. The molecule has 2 aromatic rings. The molecule has 1 aromatic heterocycles. The molecule has 0 unspecified atom stereocenters. The van der Waals surface area contributed by atoms with Crippen LogP contribution in [0.5, 0.6) is 5.75 Å². The molecule has 2 rings (SSSR count). The predicted molar refractivity (Wildman–Crippen MR) is 74.1 cm³/mol. The summed E-state index contributed by atoms with van der Waals surface area (Å²) in [7, 11) is -0.756. The molecule has 112 valence electrons. The van der Waals surface area contributed by atoms with Crippen molar-refractivity contribution < 1.29 is 23.1 Å². The smallest absolute Gasteiger partial charge is 0.339 e. The molecule has 0 fully saturated rings. The molecule has 0 spiro atoms. The van der Waals surface area contributed by atoms with Crippen LogP contribution < -0.4 is 4.74 Å². The van der Waals surface area contributed by atoms with Gasteiger partial charge in [-0.2, -0.15) is 5.10 Å². The predicted octanol–water partition coefficient (Wildman–Crippen LogP) is 1.10. The Hall–Kier alpha value is -2.35. The number of hydrogen-bond acceptors (Lipinski definition) is 5. The second kappa shape index (κ2) is 5.57. The molecule has 1 N–H and O–H groups in total. The third kappa shape index (κ3) is 3.05. The lowest BCUT2D eigenvalue weighted by atomic mass is 10.3. The molecule has 21 heavy (non-hydrogen) atoms. The summed E-state index contributed by atoms with van der Waals surface area (Å²) in [6, 6.07) is 6.03. The number of sulfone groups is 1. The third-order valence-electron chi connectivity index (χ3n) is 3.02. The zero-order valence-electron chi connectivity index (χ0n) is 11.5. The highest BCUT2D eigenvalue weighted by molar-refractivity contribution is 7.90. The number of rotatable bonds is 5. The highest BCUT2D eigenvalue weighted by Gasteiger charge is 2.23. The number of carboxylic acid groups (broad SMARTS) is 1. The highest BCUT2D eigenvalue weighted by atomic mass is 32.2. The Kier molecular flexibility index (Phi) is 3.99. The van der Waals surface area contributed by atoms with Gasteiger partial charge >= 0.3 is 5.97 Å². The molecule has 7 nitrogen and oxygen atoms in total. The van der Waals surface area contributed by atoms with Gasteiger partial charge in [-0.05, 0) is 18.2 Å². The van der Waals surface area contributed by atoms with Crippen LogP contribution in [0.25, 0.3) is 0 Å². The molecule has 8 heteroatoms. The monoisotopic (exact) mass is 310 g/mol. The fraction of sp³-hybridized carbons (Fsp3) is 0.231. The third-order valence-corrected chi connectivity index (χ3v) is 4.64. The van der Waals surface area contributed by atoms with Gasteiger partial charge in [0.1, 0.15) is 11.3 Å². The van der Waals surface area contributed by atoms with E-state index in [1.54, 1.807) is 12.1 Å². The quantitative estimate of drug-likeness (QED) is 0.888. The molecule has 0 bridgehead atoms. The van der Waals surface area contributed by atoms with E-state index >= 15 is 0 Å². The molecule has 0 aliphatic carbocycles. The first-order chi connectivity index (χ1) is 9.85. The Bertz CT molecular complexity index is 780. The summed E-state index contributed by atoms with van der Waals surface area (Å²) in [6.07, 6.45) is 1.14. The maximum Gasteiger partial charge on any atom is 0.339 e. The second-order valence-electron chi connectivity index (χ2n) is 4.37.